The van der Waals surface area contributed by atoms with Gasteiger partial charge in [-0.05, 0) is 43.1 Å². The Labute approximate surface area is 94.8 Å². The van der Waals surface area contributed by atoms with Gasteiger partial charge in [-0.1, -0.05) is 6.92 Å². The van der Waals surface area contributed by atoms with E-state index in [2.05, 4.69) is 5.32 Å². The third-order valence-corrected chi connectivity index (χ3v) is 2.39. The zero-order valence-corrected chi connectivity index (χ0v) is 9.37. The van der Waals surface area contributed by atoms with E-state index in [1.54, 1.807) is 12.1 Å². The van der Waals surface area contributed by atoms with Crippen LogP contribution in [0, 0.1) is 11.7 Å². The highest BCUT2D eigenvalue weighted by Crippen LogP contribution is 2.10. The van der Waals surface area contributed by atoms with Crippen LogP contribution in [0.5, 0.6) is 0 Å². The van der Waals surface area contributed by atoms with Crippen LogP contribution < -0.4 is 11.1 Å². The van der Waals surface area contributed by atoms with Crippen molar-refractivity contribution in [2.24, 2.45) is 11.7 Å². The van der Waals surface area contributed by atoms with Crippen LogP contribution in [0.3, 0.4) is 0 Å². The number of hydrogen-bond acceptors (Lipinski definition) is 2. The van der Waals surface area contributed by atoms with Crippen molar-refractivity contribution < 1.29 is 9.18 Å². The second-order valence-corrected chi connectivity index (χ2v) is 3.93. The van der Waals surface area contributed by atoms with E-state index in [0.717, 1.165) is 6.42 Å². The number of carbonyl (C=O) groups is 1. The lowest BCUT2D eigenvalue weighted by Crippen LogP contribution is -2.16. The maximum Gasteiger partial charge on any atom is 0.224 e. The van der Waals surface area contributed by atoms with Crippen molar-refractivity contribution in [1.29, 1.82) is 0 Å². The van der Waals surface area contributed by atoms with Gasteiger partial charge >= 0.3 is 0 Å². The molecule has 1 rings (SSSR count). The smallest absolute Gasteiger partial charge is 0.224 e. The summed E-state index contributed by atoms with van der Waals surface area (Å²) in [4.78, 5) is 11.5. The van der Waals surface area contributed by atoms with Gasteiger partial charge in [0.25, 0.3) is 0 Å². The van der Waals surface area contributed by atoms with Gasteiger partial charge in [-0.15, -0.1) is 0 Å². The molecule has 0 aliphatic heterocycles. The van der Waals surface area contributed by atoms with Crippen molar-refractivity contribution in [3.05, 3.63) is 30.1 Å². The molecular formula is C12H17FN2O. The molecule has 16 heavy (non-hydrogen) atoms. The van der Waals surface area contributed by atoms with E-state index in [-0.39, 0.29) is 11.7 Å². The molecule has 88 valence electrons. The third-order valence-electron chi connectivity index (χ3n) is 2.39. The average Bonchev–Trinajstić information content (AvgIpc) is 2.29. The molecule has 1 aromatic carbocycles. The van der Waals surface area contributed by atoms with E-state index in [1.165, 1.54) is 12.1 Å². The summed E-state index contributed by atoms with van der Waals surface area (Å²) >= 11 is 0. The summed E-state index contributed by atoms with van der Waals surface area (Å²) in [5.41, 5.74) is 6.07. The van der Waals surface area contributed by atoms with E-state index >= 15 is 0 Å². The lowest BCUT2D eigenvalue weighted by molar-refractivity contribution is -0.116. The van der Waals surface area contributed by atoms with Gasteiger partial charge in [0.05, 0.1) is 0 Å². The average molecular weight is 224 g/mol. The summed E-state index contributed by atoms with van der Waals surface area (Å²) in [5.74, 6) is -0.0272. The summed E-state index contributed by atoms with van der Waals surface area (Å²) in [6, 6.07) is 5.72. The minimum atomic E-state index is -0.310. The van der Waals surface area contributed by atoms with Crippen LogP contribution in [-0.4, -0.2) is 12.5 Å². The standard InChI is InChI=1S/C12H17FN2O/c1-9(8-14)2-7-12(16)15-11-5-3-10(13)4-6-11/h3-6,9H,2,7-8,14H2,1H3,(H,15,16). The first-order valence-electron chi connectivity index (χ1n) is 5.37. The normalized spacial score (nSPS) is 12.2. The van der Waals surface area contributed by atoms with Crippen molar-refractivity contribution in [1.82, 2.24) is 0 Å². The first-order chi connectivity index (χ1) is 7.61. The van der Waals surface area contributed by atoms with Crippen molar-refractivity contribution in [2.75, 3.05) is 11.9 Å². The molecule has 0 radical (unpaired) electrons. The summed E-state index contributed by atoms with van der Waals surface area (Å²) in [5, 5.41) is 2.70. The maximum absolute atomic E-state index is 12.6. The molecule has 4 heteroatoms. The predicted molar refractivity (Wildman–Crippen MR) is 62.5 cm³/mol. The second kappa shape index (κ2) is 6.23. The summed E-state index contributed by atoms with van der Waals surface area (Å²) in [6.45, 7) is 2.59. The minimum Gasteiger partial charge on any atom is -0.330 e. The molecule has 0 heterocycles. The Hall–Kier alpha value is -1.42. The van der Waals surface area contributed by atoms with Crippen LogP contribution in [0.2, 0.25) is 0 Å². The Kier molecular flexibility index (Phi) is 4.92. The van der Waals surface area contributed by atoms with E-state index in [9.17, 15) is 9.18 Å². The Morgan fingerprint density at radius 3 is 2.62 bits per heavy atom. The topological polar surface area (TPSA) is 55.1 Å². The van der Waals surface area contributed by atoms with E-state index < -0.39 is 0 Å². The van der Waals surface area contributed by atoms with Crippen LogP contribution >= 0.6 is 0 Å². The van der Waals surface area contributed by atoms with Crippen LogP contribution in [0.4, 0.5) is 10.1 Å². The summed E-state index contributed by atoms with van der Waals surface area (Å²) in [6.07, 6.45) is 1.21. The Bertz CT molecular complexity index is 337. The maximum atomic E-state index is 12.6. The fraction of sp³-hybridized carbons (Fsp3) is 0.417. The molecule has 1 amide bonds. The SMILES string of the molecule is CC(CN)CCC(=O)Nc1ccc(F)cc1. The lowest BCUT2D eigenvalue weighted by atomic mass is 10.1. The molecule has 0 bridgehead atoms. The number of carbonyl (C=O) groups excluding carboxylic acids is 1. The van der Waals surface area contributed by atoms with Gasteiger partial charge in [-0.3, -0.25) is 4.79 Å². The van der Waals surface area contributed by atoms with Gasteiger partial charge in [0.15, 0.2) is 0 Å². The Morgan fingerprint density at radius 1 is 1.44 bits per heavy atom. The quantitative estimate of drug-likeness (QED) is 0.805. The number of amides is 1. The fourth-order valence-electron chi connectivity index (χ4n) is 1.25. The molecule has 1 aromatic rings. The highest BCUT2D eigenvalue weighted by molar-refractivity contribution is 5.90. The van der Waals surface area contributed by atoms with E-state index in [4.69, 9.17) is 5.73 Å². The van der Waals surface area contributed by atoms with E-state index in [1.807, 2.05) is 6.92 Å². The van der Waals surface area contributed by atoms with Gasteiger partial charge in [0, 0.05) is 12.1 Å². The van der Waals surface area contributed by atoms with Gasteiger partial charge < -0.3 is 11.1 Å². The minimum absolute atomic E-state index is 0.0630. The predicted octanol–water partition coefficient (Wildman–Crippen LogP) is 2.14. The van der Waals surface area contributed by atoms with Crippen molar-refractivity contribution in [2.45, 2.75) is 19.8 Å². The first kappa shape index (κ1) is 12.6. The second-order valence-electron chi connectivity index (χ2n) is 3.93. The van der Waals surface area contributed by atoms with Gasteiger partial charge in [-0.2, -0.15) is 0 Å². The van der Waals surface area contributed by atoms with Gasteiger partial charge in [0.2, 0.25) is 5.91 Å². The molecule has 1 atom stereocenters. The number of nitrogens with one attached hydrogen (secondary N) is 1. The van der Waals surface area contributed by atoms with Crippen molar-refractivity contribution in [3.63, 3.8) is 0 Å². The molecule has 0 aliphatic rings. The largest absolute Gasteiger partial charge is 0.330 e. The Balaban J connectivity index is 2.37. The number of anilines is 1. The monoisotopic (exact) mass is 224 g/mol. The van der Waals surface area contributed by atoms with Crippen LogP contribution in [0.15, 0.2) is 24.3 Å². The molecule has 0 saturated heterocycles. The van der Waals surface area contributed by atoms with Crippen LogP contribution in [0.25, 0.3) is 0 Å². The lowest BCUT2D eigenvalue weighted by Gasteiger charge is -2.08. The number of nitrogens with two attached hydrogens (primary N) is 1. The van der Waals surface area contributed by atoms with Gasteiger partial charge in [-0.25, -0.2) is 4.39 Å². The van der Waals surface area contributed by atoms with Crippen LogP contribution in [-0.2, 0) is 4.79 Å². The molecule has 3 N–H and O–H groups in total. The summed E-state index contributed by atoms with van der Waals surface area (Å²) in [7, 11) is 0. The highest BCUT2D eigenvalue weighted by atomic mass is 19.1. The number of benzene rings is 1. The zero-order valence-electron chi connectivity index (χ0n) is 9.37. The molecule has 0 spiro atoms. The molecular weight excluding hydrogens is 207 g/mol. The first-order valence-corrected chi connectivity index (χ1v) is 5.37. The molecule has 0 aliphatic carbocycles. The summed E-state index contributed by atoms with van der Waals surface area (Å²) < 4.78 is 12.6. The van der Waals surface area contributed by atoms with Crippen molar-refractivity contribution >= 4 is 11.6 Å². The molecule has 3 nitrogen and oxygen atoms in total. The molecule has 0 saturated carbocycles. The number of rotatable bonds is 5. The van der Waals surface area contributed by atoms with Gasteiger partial charge in [0.1, 0.15) is 5.82 Å². The van der Waals surface area contributed by atoms with Crippen molar-refractivity contribution in [3.8, 4) is 0 Å². The highest BCUT2D eigenvalue weighted by Gasteiger charge is 2.05. The molecule has 0 aromatic heterocycles. The Morgan fingerprint density at radius 2 is 2.06 bits per heavy atom. The van der Waals surface area contributed by atoms with Crippen LogP contribution in [0.1, 0.15) is 19.8 Å². The number of halogens is 1. The number of hydrogen-bond donors (Lipinski definition) is 2. The zero-order chi connectivity index (χ0) is 12.0. The third kappa shape index (κ3) is 4.40. The molecule has 1 unspecified atom stereocenters. The fourth-order valence-corrected chi connectivity index (χ4v) is 1.25. The molecule has 0 fully saturated rings. The van der Waals surface area contributed by atoms with E-state index in [0.29, 0.717) is 24.6 Å².